The summed E-state index contributed by atoms with van der Waals surface area (Å²) in [4.78, 5) is 0. The number of benzene rings is 2. The van der Waals surface area contributed by atoms with E-state index >= 15 is 0 Å². The van der Waals surface area contributed by atoms with E-state index < -0.39 is 0 Å². The first-order chi connectivity index (χ1) is 9.11. The van der Waals surface area contributed by atoms with Crippen LogP contribution in [0, 0.1) is 5.82 Å². The van der Waals surface area contributed by atoms with Crippen molar-refractivity contribution >= 4 is 37.5 Å². The van der Waals surface area contributed by atoms with Gasteiger partial charge < -0.3 is 10.4 Å². The van der Waals surface area contributed by atoms with Gasteiger partial charge in [0.1, 0.15) is 5.82 Å². The molecule has 2 N–H and O–H groups in total. The SMILES string of the molecule is OCC(Nc1ccccc1Br)c1ccc(F)cc1Br. The molecule has 0 heterocycles. The molecule has 100 valence electrons. The number of rotatable bonds is 4. The van der Waals surface area contributed by atoms with Crippen LogP contribution in [0.2, 0.25) is 0 Å². The predicted octanol–water partition coefficient (Wildman–Crippen LogP) is 4.50. The van der Waals surface area contributed by atoms with E-state index in [0.717, 1.165) is 15.7 Å². The first-order valence-electron chi connectivity index (χ1n) is 5.68. The normalized spacial score (nSPS) is 12.2. The molecule has 0 fully saturated rings. The lowest BCUT2D eigenvalue weighted by molar-refractivity contribution is 0.276. The van der Waals surface area contributed by atoms with Crippen LogP contribution in [0.25, 0.3) is 0 Å². The summed E-state index contributed by atoms with van der Waals surface area (Å²) in [5.41, 5.74) is 1.68. The van der Waals surface area contributed by atoms with Crippen molar-refractivity contribution in [1.29, 1.82) is 0 Å². The average molecular weight is 389 g/mol. The largest absolute Gasteiger partial charge is 0.394 e. The van der Waals surface area contributed by atoms with Crippen LogP contribution >= 0.6 is 31.9 Å². The number of halogens is 3. The van der Waals surface area contributed by atoms with Gasteiger partial charge >= 0.3 is 0 Å². The second kappa shape index (κ2) is 6.50. The molecule has 2 rings (SSSR count). The predicted molar refractivity (Wildman–Crippen MR) is 81.7 cm³/mol. The Morgan fingerprint density at radius 1 is 1.11 bits per heavy atom. The van der Waals surface area contributed by atoms with Crippen LogP contribution in [0.1, 0.15) is 11.6 Å². The minimum Gasteiger partial charge on any atom is -0.394 e. The summed E-state index contributed by atoms with van der Waals surface area (Å²) in [6.07, 6.45) is 0. The lowest BCUT2D eigenvalue weighted by atomic mass is 10.1. The molecule has 19 heavy (non-hydrogen) atoms. The quantitative estimate of drug-likeness (QED) is 0.808. The molecule has 0 aliphatic rings. The van der Waals surface area contributed by atoms with E-state index in [1.54, 1.807) is 6.07 Å². The summed E-state index contributed by atoms with van der Waals surface area (Å²) in [5, 5.41) is 12.8. The molecule has 1 unspecified atom stereocenters. The molecule has 2 aromatic rings. The lowest BCUT2D eigenvalue weighted by Crippen LogP contribution is -2.15. The molecular formula is C14H12Br2FNO. The molecule has 0 amide bonds. The molecule has 0 bridgehead atoms. The van der Waals surface area contributed by atoms with Crippen molar-refractivity contribution in [3.05, 3.63) is 62.8 Å². The zero-order valence-corrected chi connectivity index (χ0v) is 13.1. The molecule has 5 heteroatoms. The van der Waals surface area contributed by atoms with Crippen LogP contribution < -0.4 is 5.32 Å². The Hall–Kier alpha value is -0.910. The summed E-state index contributed by atoms with van der Waals surface area (Å²) in [6, 6.07) is 11.8. The van der Waals surface area contributed by atoms with E-state index in [2.05, 4.69) is 37.2 Å². The highest BCUT2D eigenvalue weighted by Gasteiger charge is 2.15. The third-order valence-electron chi connectivity index (χ3n) is 2.72. The summed E-state index contributed by atoms with van der Waals surface area (Å²) in [7, 11) is 0. The number of aliphatic hydroxyl groups excluding tert-OH is 1. The molecule has 0 spiro atoms. The Kier molecular flexibility index (Phi) is 4.96. The summed E-state index contributed by atoms with van der Waals surface area (Å²) < 4.78 is 14.6. The Morgan fingerprint density at radius 3 is 2.47 bits per heavy atom. The molecule has 0 saturated heterocycles. The number of hydrogen-bond acceptors (Lipinski definition) is 2. The van der Waals surface area contributed by atoms with Crippen LogP contribution in [0.3, 0.4) is 0 Å². The van der Waals surface area contributed by atoms with Gasteiger partial charge in [0.2, 0.25) is 0 Å². The number of hydrogen-bond donors (Lipinski definition) is 2. The van der Waals surface area contributed by atoms with Crippen molar-refractivity contribution in [3.63, 3.8) is 0 Å². The molecule has 2 nitrogen and oxygen atoms in total. The van der Waals surface area contributed by atoms with Crippen molar-refractivity contribution in [2.75, 3.05) is 11.9 Å². The van der Waals surface area contributed by atoms with Gasteiger partial charge in [-0.15, -0.1) is 0 Å². The van der Waals surface area contributed by atoms with E-state index in [1.165, 1.54) is 12.1 Å². The summed E-state index contributed by atoms with van der Waals surface area (Å²) >= 11 is 6.76. The molecule has 0 aliphatic carbocycles. The molecule has 0 radical (unpaired) electrons. The smallest absolute Gasteiger partial charge is 0.124 e. The maximum absolute atomic E-state index is 13.1. The molecule has 2 aromatic carbocycles. The van der Waals surface area contributed by atoms with E-state index in [4.69, 9.17) is 0 Å². The van der Waals surface area contributed by atoms with E-state index in [-0.39, 0.29) is 18.5 Å². The third kappa shape index (κ3) is 3.55. The highest BCUT2D eigenvalue weighted by Crippen LogP contribution is 2.30. The Morgan fingerprint density at radius 2 is 1.84 bits per heavy atom. The maximum atomic E-state index is 13.1. The zero-order chi connectivity index (χ0) is 13.8. The van der Waals surface area contributed by atoms with Crippen LogP contribution in [0.5, 0.6) is 0 Å². The molecule has 0 aromatic heterocycles. The standard InChI is InChI=1S/C14H12Br2FNO/c15-11-3-1-2-4-13(11)18-14(8-19)10-6-5-9(17)7-12(10)16/h1-7,14,18-19H,8H2. The van der Waals surface area contributed by atoms with Gasteiger partial charge in [0, 0.05) is 14.6 Å². The first kappa shape index (κ1) is 14.5. The maximum Gasteiger partial charge on any atom is 0.124 e. The summed E-state index contributed by atoms with van der Waals surface area (Å²) in [6.45, 7) is -0.0917. The van der Waals surface area contributed by atoms with Crippen LogP contribution in [0.15, 0.2) is 51.4 Å². The van der Waals surface area contributed by atoms with Gasteiger partial charge in [-0.05, 0) is 45.8 Å². The van der Waals surface area contributed by atoms with E-state index in [1.807, 2.05) is 24.3 Å². The van der Waals surface area contributed by atoms with Gasteiger partial charge in [-0.3, -0.25) is 0 Å². The first-order valence-corrected chi connectivity index (χ1v) is 7.27. The van der Waals surface area contributed by atoms with Crippen LogP contribution in [0.4, 0.5) is 10.1 Å². The van der Waals surface area contributed by atoms with Gasteiger partial charge in [0.25, 0.3) is 0 Å². The van der Waals surface area contributed by atoms with Gasteiger partial charge in [0.05, 0.1) is 12.6 Å². The number of anilines is 1. The fraction of sp³-hybridized carbons (Fsp3) is 0.143. The molecular weight excluding hydrogens is 377 g/mol. The highest BCUT2D eigenvalue weighted by molar-refractivity contribution is 9.11. The molecule has 0 saturated carbocycles. The molecule has 1 atom stereocenters. The topological polar surface area (TPSA) is 32.3 Å². The summed E-state index contributed by atoms with van der Waals surface area (Å²) in [5.74, 6) is -0.312. The van der Waals surface area contributed by atoms with Gasteiger partial charge in [0.15, 0.2) is 0 Å². The van der Waals surface area contributed by atoms with Crippen molar-refractivity contribution in [2.45, 2.75) is 6.04 Å². The van der Waals surface area contributed by atoms with Gasteiger partial charge in [-0.2, -0.15) is 0 Å². The van der Waals surface area contributed by atoms with Crippen LogP contribution in [-0.4, -0.2) is 11.7 Å². The minimum atomic E-state index is -0.312. The molecule has 0 aliphatic heterocycles. The van der Waals surface area contributed by atoms with Crippen molar-refractivity contribution in [2.24, 2.45) is 0 Å². The third-order valence-corrected chi connectivity index (χ3v) is 4.10. The lowest BCUT2D eigenvalue weighted by Gasteiger charge is -2.20. The van der Waals surface area contributed by atoms with E-state index in [9.17, 15) is 9.50 Å². The Labute approximate surface area is 127 Å². The average Bonchev–Trinajstić information content (AvgIpc) is 2.39. The van der Waals surface area contributed by atoms with Crippen molar-refractivity contribution in [1.82, 2.24) is 0 Å². The monoisotopic (exact) mass is 387 g/mol. The second-order valence-corrected chi connectivity index (χ2v) is 5.73. The Bertz CT molecular complexity index is 577. The second-order valence-electron chi connectivity index (χ2n) is 4.03. The number of aliphatic hydroxyl groups is 1. The van der Waals surface area contributed by atoms with Crippen molar-refractivity contribution < 1.29 is 9.50 Å². The zero-order valence-electron chi connectivity index (χ0n) is 9.91. The van der Waals surface area contributed by atoms with Gasteiger partial charge in [-0.1, -0.05) is 34.1 Å². The van der Waals surface area contributed by atoms with Crippen molar-refractivity contribution in [3.8, 4) is 0 Å². The van der Waals surface area contributed by atoms with Crippen LogP contribution in [-0.2, 0) is 0 Å². The Balaban J connectivity index is 2.28. The highest BCUT2D eigenvalue weighted by atomic mass is 79.9. The van der Waals surface area contributed by atoms with Gasteiger partial charge in [-0.25, -0.2) is 4.39 Å². The minimum absolute atomic E-state index is 0.0917. The number of nitrogens with one attached hydrogen (secondary N) is 1. The fourth-order valence-corrected chi connectivity index (χ4v) is 2.80. The number of para-hydroxylation sites is 1. The van der Waals surface area contributed by atoms with E-state index in [0.29, 0.717) is 4.47 Å². The fourth-order valence-electron chi connectivity index (χ4n) is 1.77.